The number of rotatable bonds is 4. The number of amides is 2. The second kappa shape index (κ2) is 6.33. The molecule has 7 heteroatoms. The van der Waals surface area contributed by atoms with E-state index in [-0.39, 0.29) is 12.6 Å². The van der Waals surface area contributed by atoms with Gasteiger partial charge in [-0.2, -0.15) is 0 Å². The highest BCUT2D eigenvalue weighted by Gasteiger charge is 2.39. The number of likely N-dealkylation sites (tertiary alicyclic amines) is 1. The topological polar surface area (TPSA) is 91.8 Å². The molecule has 1 aliphatic rings. The first-order chi connectivity index (χ1) is 9.61. The molecule has 0 spiro atoms. The molecule has 2 rings (SSSR count). The maximum Gasteiger partial charge on any atom is 0.326 e. The maximum absolute atomic E-state index is 12.1. The lowest BCUT2D eigenvalue weighted by Gasteiger charge is -2.21. The summed E-state index contributed by atoms with van der Waals surface area (Å²) in [5, 5.41) is 11.9. The van der Waals surface area contributed by atoms with Gasteiger partial charge in [0.05, 0.1) is 6.10 Å². The number of carboxylic acids is 1. The van der Waals surface area contributed by atoms with Crippen molar-refractivity contribution in [3.05, 3.63) is 30.1 Å². The fourth-order valence-electron chi connectivity index (χ4n) is 2.21. The number of nitrogens with zero attached hydrogens (tertiary/aromatic N) is 2. The van der Waals surface area contributed by atoms with Gasteiger partial charge in [-0.05, 0) is 17.7 Å². The number of hydrogen-bond donors (Lipinski definition) is 2. The monoisotopic (exact) mass is 279 g/mol. The molecule has 1 aromatic rings. The second-order valence-electron chi connectivity index (χ2n) is 4.61. The van der Waals surface area contributed by atoms with E-state index in [1.54, 1.807) is 24.5 Å². The van der Waals surface area contributed by atoms with E-state index in [1.807, 2.05) is 0 Å². The summed E-state index contributed by atoms with van der Waals surface area (Å²) < 4.78 is 5.14. The Morgan fingerprint density at radius 1 is 1.50 bits per heavy atom. The Labute approximate surface area is 116 Å². The van der Waals surface area contributed by atoms with Crippen molar-refractivity contribution in [2.45, 2.75) is 25.1 Å². The summed E-state index contributed by atoms with van der Waals surface area (Å²) in [6.07, 6.45) is 3.35. The lowest BCUT2D eigenvalue weighted by molar-refractivity contribution is -0.141. The molecule has 2 heterocycles. The van der Waals surface area contributed by atoms with Crippen LogP contribution in [0.1, 0.15) is 12.0 Å². The van der Waals surface area contributed by atoms with Crippen LogP contribution in [-0.2, 0) is 16.1 Å². The molecular weight excluding hydrogens is 262 g/mol. The van der Waals surface area contributed by atoms with Gasteiger partial charge >= 0.3 is 12.0 Å². The molecule has 2 unspecified atom stereocenters. The molecule has 20 heavy (non-hydrogen) atoms. The minimum Gasteiger partial charge on any atom is -0.480 e. The van der Waals surface area contributed by atoms with Crippen LogP contribution in [0.5, 0.6) is 0 Å². The van der Waals surface area contributed by atoms with Crippen molar-refractivity contribution in [2.75, 3.05) is 13.7 Å². The molecule has 0 aliphatic carbocycles. The summed E-state index contributed by atoms with van der Waals surface area (Å²) in [7, 11) is 1.52. The van der Waals surface area contributed by atoms with Crippen LogP contribution in [0.15, 0.2) is 24.5 Å². The molecule has 0 radical (unpaired) electrons. The first-order valence-electron chi connectivity index (χ1n) is 6.30. The molecule has 0 aromatic carbocycles. The van der Waals surface area contributed by atoms with Crippen LogP contribution < -0.4 is 5.32 Å². The van der Waals surface area contributed by atoms with Gasteiger partial charge < -0.3 is 20.1 Å². The Bertz CT molecular complexity index is 480. The fourth-order valence-corrected chi connectivity index (χ4v) is 2.21. The van der Waals surface area contributed by atoms with Crippen molar-refractivity contribution in [3.63, 3.8) is 0 Å². The molecule has 1 aliphatic heterocycles. The molecule has 2 atom stereocenters. The largest absolute Gasteiger partial charge is 0.480 e. The molecular formula is C13H17N3O4. The standard InChI is InChI=1S/C13H17N3O4/c1-20-10-6-11(12(17)18)16(8-10)13(19)15-7-9-2-4-14-5-3-9/h2-5,10-11H,6-8H2,1H3,(H,15,19)(H,17,18). The zero-order valence-electron chi connectivity index (χ0n) is 11.2. The van der Waals surface area contributed by atoms with Gasteiger partial charge in [-0.25, -0.2) is 9.59 Å². The summed E-state index contributed by atoms with van der Waals surface area (Å²) in [5.74, 6) is -1.01. The number of methoxy groups -OCH3 is 1. The normalized spacial score (nSPS) is 21.8. The number of carbonyl (C=O) groups excluding carboxylic acids is 1. The Kier molecular flexibility index (Phi) is 4.52. The van der Waals surface area contributed by atoms with Crippen molar-refractivity contribution in [1.82, 2.24) is 15.2 Å². The molecule has 1 saturated heterocycles. The highest BCUT2D eigenvalue weighted by atomic mass is 16.5. The predicted octanol–water partition coefficient (Wildman–Crippen LogP) is 0.465. The van der Waals surface area contributed by atoms with Gasteiger partial charge in [-0.1, -0.05) is 0 Å². The number of pyridine rings is 1. The van der Waals surface area contributed by atoms with Crippen molar-refractivity contribution in [1.29, 1.82) is 0 Å². The molecule has 0 saturated carbocycles. The van der Waals surface area contributed by atoms with E-state index in [1.165, 1.54) is 12.0 Å². The number of hydrogen-bond acceptors (Lipinski definition) is 4. The summed E-state index contributed by atoms with van der Waals surface area (Å²) in [4.78, 5) is 28.4. The van der Waals surface area contributed by atoms with Crippen molar-refractivity contribution < 1.29 is 19.4 Å². The highest BCUT2D eigenvalue weighted by Crippen LogP contribution is 2.20. The van der Waals surface area contributed by atoms with E-state index >= 15 is 0 Å². The van der Waals surface area contributed by atoms with Crippen LogP contribution in [0.3, 0.4) is 0 Å². The van der Waals surface area contributed by atoms with E-state index < -0.39 is 18.0 Å². The van der Waals surface area contributed by atoms with E-state index in [9.17, 15) is 9.59 Å². The minimum atomic E-state index is -1.01. The molecule has 108 valence electrons. The van der Waals surface area contributed by atoms with Gasteiger partial charge in [0.15, 0.2) is 0 Å². The van der Waals surface area contributed by atoms with E-state index in [2.05, 4.69) is 10.3 Å². The quantitative estimate of drug-likeness (QED) is 0.835. The molecule has 1 fully saturated rings. The average Bonchev–Trinajstić information content (AvgIpc) is 2.90. The van der Waals surface area contributed by atoms with Crippen molar-refractivity contribution in [2.24, 2.45) is 0 Å². The van der Waals surface area contributed by atoms with Gasteiger partial charge in [0.2, 0.25) is 0 Å². The number of urea groups is 1. The van der Waals surface area contributed by atoms with Crippen LogP contribution in [0.4, 0.5) is 4.79 Å². The summed E-state index contributed by atoms with van der Waals surface area (Å²) in [6.45, 7) is 0.623. The molecule has 0 bridgehead atoms. The van der Waals surface area contributed by atoms with Gasteiger partial charge in [0.1, 0.15) is 6.04 Å². The number of aromatic nitrogens is 1. The number of aliphatic carboxylic acids is 1. The highest BCUT2D eigenvalue weighted by molar-refractivity contribution is 5.83. The first kappa shape index (κ1) is 14.3. The van der Waals surface area contributed by atoms with E-state index in [0.717, 1.165) is 5.56 Å². The third-order valence-corrected chi connectivity index (χ3v) is 3.34. The molecule has 2 amide bonds. The summed E-state index contributed by atoms with van der Waals surface area (Å²) in [6, 6.07) is 2.35. The zero-order chi connectivity index (χ0) is 14.5. The van der Waals surface area contributed by atoms with Gasteiger partial charge in [-0.3, -0.25) is 4.98 Å². The SMILES string of the molecule is COC1CC(C(=O)O)N(C(=O)NCc2ccncc2)C1. The average molecular weight is 279 g/mol. The van der Waals surface area contributed by atoms with Crippen molar-refractivity contribution in [3.8, 4) is 0 Å². The van der Waals surface area contributed by atoms with E-state index in [0.29, 0.717) is 13.0 Å². The number of ether oxygens (including phenoxy) is 1. The maximum atomic E-state index is 12.1. The van der Waals surface area contributed by atoms with Crippen LogP contribution in [0.25, 0.3) is 0 Å². The molecule has 2 N–H and O–H groups in total. The molecule has 7 nitrogen and oxygen atoms in total. The van der Waals surface area contributed by atoms with Gasteiger partial charge in [0.25, 0.3) is 0 Å². The van der Waals surface area contributed by atoms with Gasteiger partial charge in [-0.15, -0.1) is 0 Å². The predicted molar refractivity (Wildman–Crippen MR) is 70.0 cm³/mol. The van der Waals surface area contributed by atoms with Gasteiger partial charge in [0, 0.05) is 39.0 Å². The lowest BCUT2D eigenvalue weighted by atomic mass is 10.2. The Balaban J connectivity index is 1.95. The Hall–Kier alpha value is -2.15. The third-order valence-electron chi connectivity index (χ3n) is 3.34. The fraction of sp³-hybridized carbons (Fsp3) is 0.462. The number of carboxylic acid groups (broad SMARTS) is 1. The number of carbonyl (C=O) groups is 2. The van der Waals surface area contributed by atoms with Crippen molar-refractivity contribution >= 4 is 12.0 Å². The third kappa shape index (κ3) is 3.24. The van der Waals surface area contributed by atoms with Crippen LogP contribution in [-0.4, -0.2) is 52.8 Å². The van der Waals surface area contributed by atoms with E-state index in [4.69, 9.17) is 9.84 Å². The van der Waals surface area contributed by atoms with Crippen LogP contribution >= 0.6 is 0 Å². The summed E-state index contributed by atoms with van der Waals surface area (Å²) >= 11 is 0. The smallest absolute Gasteiger partial charge is 0.326 e. The Morgan fingerprint density at radius 2 is 2.20 bits per heavy atom. The first-order valence-corrected chi connectivity index (χ1v) is 6.30. The lowest BCUT2D eigenvalue weighted by Crippen LogP contribution is -2.46. The minimum absolute atomic E-state index is 0.234. The Morgan fingerprint density at radius 3 is 2.80 bits per heavy atom. The summed E-state index contributed by atoms with van der Waals surface area (Å²) in [5.41, 5.74) is 0.905. The molecule has 1 aromatic heterocycles. The number of nitrogens with one attached hydrogen (secondary N) is 1. The zero-order valence-corrected chi connectivity index (χ0v) is 11.2. The van der Waals surface area contributed by atoms with Crippen LogP contribution in [0.2, 0.25) is 0 Å². The van der Waals surface area contributed by atoms with Crippen LogP contribution in [0, 0.1) is 0 Å². The second-order valence-corrected chi connectivity index (χ2v) is 4.61.